The standard InChI is InChI=1S/C43H48ClF2N11O4/c1-53-31-10-8-26(20-29(31)35-37(41(53)60)61-23-43(45,46)38(50-35)25-6-7-25)48-39-30(44)21-47-42(51-39)57-18-16-55(17-19-57)22-24-12-14-56(15-13-24)32-5-3-4-27-34(52-54(2)36(27)32)28-9-11-33(58)49-40(28)59/h3-5,8,10,20-21,24-25,28,38,50H,6-7,9,11-19,22-23H2,1-2H3,(H,47,48,51)(H,49,58,59). The van der Waals surface area contributed by atoms with Crippen molar-refractivity contribution in [3.63, 3.8) is 0 Å². The molecule has 2 amide bonds. The topological polar surface area (TPSA) is 155 Å². The van der Waals surface area contributed by atoms with Gasteiger partial charge in [0.1, 0.15) is 5.02 Å². The van der Waals surface area contributed by atoms with Crippen molar-refractivity contribution in [3.05, 3.63) is 63.7 Å². The van der Waals surface area contributed by atoms with E-state index in [2.05, 4.69) is 41.7 Å². The maximum Gasteiger partial charge on any atom is 0.301 e. The van der Waals surface area contributed by atoms with Gasteiger partial charge in [0.05, 0.1) is 46.3 Å². The smallest absolute Gasteiger partial charge is 0.301 e. The van der Waals surface area contributed by atoms with Gasteiger partial charge in [0.2, 0.25) is 23.5 Å². The van der Waals surface area contributed by atoms with Crippen molar-refractivity contribution >= 4 is 74.0 Å². The Morgan fingerprint density at radius 1 is 0.951 bits per heavy atom. The van der Waals surface area contributed by atoms with E-state index < -0.39 is 30.0 Å². The van der Waals surface area contributed by atoms with Crippen molar-refractivity contribution in [2.45, 2.75) is 56.4 Å². The lowest BCUT2D eigenvalue weighted by Gasteiger charge is -2.39. The van der Waals surface area contributed by atoms with Crippen LogP contribution in [0.1, 0.15) is 50.1 Å². The van der Waals surface area contributed by atoms with Crippen LogP contribution in [0.3, 0.4) is 0 Å². The van der Waals surface area contributed by atoms with Gasteiger partial charge in [-0.1, -0.05) is 23.7 Å². The quantitative estimate of drug-likeness (QED) is 0.172. The number of imide groups is 1. The van der Waals surface area contributed by atoms with Gasteiger partial charge in [-0.2, -0.15) is 10.1 Å². The van der Waals surface area contributed by atoms with E-state index in [9.17, 15) is 14.4 Å². The molecule has 320 valence electrons. The first-order valence-corrected chi connectivity index (χ1v) is 21.5. The molecule has 15 nitrogen and oxygen atoms in total. The van der Waals surface area contributed by atoms with Gasteiger partial charge in [-0.3, -0.25) is 29.3 Å². The van der Waals surface area contributed by atoms with Gasteiger partial charge in [-0.25, -0.2) is 13.8 Å². The molecule has 0 radical (unpaired) electrons. The summed E-state index contributed by atoms with van der Waals surface area (Å²) in [6, 6.07) is 10.5. The van der Waals surface area contributed by atoms with Crippen LogP contribution in [0.15, 0.2) is 47.4 Å². The van der Waals surface area contributed by atoms with Gasteiger partial charge in [-0.05, 0) is 68.2 Å². The van der Waals surface area contributed by atoms with Crippen molar-refractivity contribution in [1.82, 2.24) is 34.5 Å². The van der Waals surface area contributed by atoms with Crippen LogP contribution >= 0.6 is 11.6 Å². The van der Waals surface area contributed by atoms with Crippen LogP contribution < -0.4 is 36.0 Å². The number of nitrogens with one attached hydrogen (secondary N) is 3. The van der Waals surface area contributed by atoms with Gasteiger partial charge < -0.3 is 29.7 Å². The van der Waals surface area contributed by atoms with Crippen LogP contribution in [0.4, 0.5) is 37.6 Å². The first-order valence-electron chi connectivity index (χ1n) is 21.2. The number of rotatable bonds is 8. The highest BCUT2D eigenvalue weighted by molar-refractivity contribution is 6.33. The summed E-state index contributed by atoms with van der Waals surface area (Å²) in [4.78, 5) is 54.2. The van der Waals surface area contributed by atoms with Gasteiger partial charge in [0.15, 0.2) is 12.4 Å². The minimum absolute atomic E-state index is 0.107. The molecule has 4 fully saturated rings. The molecule has 4 aliphatic heterocycles. The number of piperazine rings is 1. The van der Waals surface area contributed by atoms with E-state index in [0.717, 1.165) is 80.9 Å². The van der Waals surface area contributed by atoms with E-state index >= 15 is 8.78 Å². The summed E-state index contributed by atoms with van der Waals surface area (Å²) in [5, 5.41) is 15.5. The van der Waals surface area contributed by atoms with Crippen LogP contribution in [-0.4, -0.2) is 105 Å². The number of hydrogen-bond acceptors (Lipinski definition) is 12. The fraction of sp³-hybridized carbons (Fsp3) is 0.488. The molecule has 2 unspecified atom stereocenters. The number of aryl methyl sites for hydroxylation is 2. The van der Waals surface area contributed by atoms with E-state index in [4.69, 9.17) is 26.4 Å². The van der Waals surface area contributed by atoms with E-state index in [1.807, 2.05) is 23.9 Å². The fourth-order valence-electron chi connectivity index (χ4n) is 9.68. The fourth-order valence-corrected chi connectivity index (χ4v) is 9.82. The normalized spacial score (nSPS) is 22.4. The lowest BCUT2D eigenvalue weighted by Crippen LogP contribution is -2.49. The monoisotopic (exact) mass is 855 g/mol. The number of ether oxygens (including phenoxy) is 1. The molecule has 2 atom stereocenters. The van der Waals surface area contributed by atoms with Gasteiger partial charge in [-0.15, -0.1) is 0 Å². The predicted molar refractivity (Wildman–Crippen MR) is 230 cm³/mol. The average molecular weight is 856 g/mol. The highest BCUT2D eigenvalue weighted by atomic mass is 35.5. The third-order valence-corrected chi connectivity index (χ3v) is 13.4. The second-order valence-electron chi connectivity index (χ2n) is 17.2. The highest BCUT2D eigenvalue weighted by Gasteiger charge is 2.51. The SMILES string of the molecule is Cn1nc(C2CCC(=O)NC2=O)c2cccc(N3CCC(CN4CCN(c5ncc(Cl)c(Nc6ccc7c(c6)c6c(c(=O)n7C)OCC(F)(F)C(C7CC7)N6)n5)CC4)CC3)c21. The number of pyridine rings is 1. The van der Waals surface area contributed by atoms with Gasteiger partial charge >= 0.3 is 5.92 Å². The van der Waals surface area contributed by atoms with E-state index in [1.54, 1.807) is 31.4 Å². The Hall–Kier alpha value is -5.55. The number of carbonyl (C=O) groups is 2. The number of para-hydroxylation sites is 1. The van der Waals surface area contributed by atoms with Crippen LogP contribution in [0, 0.1) is 11.8 Å². The van der Waals surface area contributed by atoms with Crippen LogP contribution in [0.5, 0.6) is 5.75 Å². The first-order chi connectivity index (χ1) is 29.4. The van der Waals surface area contributed by atoms with Gasteiger partial charge in [0.25, 0.3) is 5.56 Å². The molecule has 3 saturated heterocycles. The molecule has 3 aromatic heterocycles. The summed E-state index contributed by atoms with van der Waals surface area (Å²) in [5.74, 6) is -2.82. The number of benzene rings is 2. The number of alkyl halides is 2. The number of halogens is 3. The molecule has 0 spiro atoms. The lowest BCUT2D eigenvalue weighted by molar-refractivity contribution is -0.134. The second-order valence-corrected chi connectivity index (χ2v) is 17.6. The number of carbonyl (C=O) groups excluding carboxylic acids is 2. The molecule has 1 aliphatic carbocycles. The molecule has 18 heteroatoms. The minimum Gasteiger partial charge on any atom is -0.480 e. The Bertz CT molecular complexity index is 2620. The summed E-state index contributed by atoms with van der Waals surface area (Å²) < 4.78 is 39.1. The molecule has 10 rings (SSSR count). The Morgan fingerprint density at radius 2 is 1.74 bits per heavy atom. The van der Waals surface area contributed by atoms with Crippen molar-refractivity contribution in [2.24, 2.45) is 25.9 Å². The summed E-state index contributed by atoms with van der Waals surface area (Å²) in [7, 11) is 3.53. The number of fused-ring (bicyclic) bond motifs is 4. The Labute approximate surface area is 355 Å². The van der Waals surface area contributed by atoms with E-state index in [1.165, 1.54) is 4.57 Å². The molecular weight excluding hydrogens is 808 g/mol. The number of hydrogen-bond donors (Lipinski definition) is 3. The lowest BCUT2D eigenvalue weighted by atomic mass is 9.92. The Kier molecular flexibility index (Phi) is 10.0. The molecule has 3 N–H and O–H groups in total. The zero-order chi connectivity index (χ0) is 42.2. The largest absolute Gasteiger partial charge is 0.480 e. The third-order valence-electron chi connectivity index (χ3n) is 13.2. The molecule has 1 saturated carbocycles. The molecule has 5 aromatic rings. The van der Waals surface area contributed by atoms with E-state index in [0.29, 0.717) is 65.0 Å². The first kappa shape index (κ1) is 39.6. The summed E-state index contributed by atoms with van der Waals surface area (Å²) in [5.41, 5.74) is 3.87. The number of anilines is 5. The minimum atomic E-state index is -3.13. The molecular formula is C43H48ClF2N11O4. The summed E-state index contributed by atoms with van der Waals surface area (Å²) in [6.45, 7) is 5.27. The van der Waals surface area contributed by atoms with Crippen LogP contribution in [0.25, 0.3) is 21.8 Å². The second kappa shape index (κ2) is 15.4. The van der Waals surface area contributed by atoms with Crippen molar-refractivity contribution in [2.75, 3.05) is 72.9 Å². The number of nitrogens with zero attached hydrogens (tertiary/aromatic N) is 8. The predicted octanol–water partition coefficient (Wildman–Crippen LogP) is 5.39. The summed E-state index contributed by atoms with van der Waals surface area (Å²) in [6.07, 6.45) is 5.90. The van der Waals surface area contributed by atoms with Crippen LogP contribution in [-0.2, 0) is 23.7 Å². The maximum absolute atomic E-state index is 15.2. The Morgan fingerprint density at radius 3 is 2.49 bits per heavy atom. The maximum atomic E-state index is 15.2. The number of aromatic nitrogens is 5. The number of amides is 2. The van der Waals surface area contributed by atoms with Gasteiger partial charge in [0, 0.05) is 82.8 Å². The van der Waals surface area contributed by atoms with Crippen molar-refractivity contribution in [1.29, 1.82) is 0 Å². The molecule has 2 aromatic carbocycles. The zero-order valence-electron chi connectivity index (χ0n) is 34.1. The highest BCUT2D eigenvalue weighted by Crippen LogP contribution is 2.46. The third kappa shape index (κ3) is 7.38. The molecule has 7 heterocycles. The molecule has 61 heavy (non-hydrogen) atoms. The van der Waals surface area contributed by atoms with E-state index in [-0.39, 0.29) is 29.2 Å². The molecule has 5 aliphatic rings. The van der Waals surface area contributed by atoms with Crippen molar-refractivity contribution in [3.8, 4) is 5.75 Å². The van der Waals surface area contributed by atoms with Crippen LogP contribution in [0.2, 0.25) is 5.02 Å². The average Bonchev–Trinajstić information content (AvgIpc) is 4.05. The zero-order valence-corrected chi connectivity index (χ0v) is 34.9. The Balaban J connectivity index is 0.777. The number of piperidine rings is 2. The summed E-state index contributed by atoms with van der Waals surface area (Å²) >= 11 is 6.63. The van der Waals surface area contributed by atoms with Crippen molar-refractivity contribution < 1.29 is 23.1 Å². The molecule has 0 bridgehead atoms.